The van der Waals surface area contributed by atoms with Crippen LogP contribution in [0.2, 0.25) is 0 Å². The third kappa shape index (κ3) is 2.67. The van der Waals surface area contributed by atoms with Gasteiger partial charge in [0.05, 0.1) is 0 Å². The summed E-state index contributed by atoms with van der Waals surface area (Å²) < 4.78 is 0.861. The van der Waals surface area contributed by atoms with Gasteiger partial charge in [0.15, 0.2) is 5.78 Å². The average molecular weight is 266 g/mol. The minimum absolute atomic E-state index is 0.225. The normalized spacial score (nSPS) is 11.5. The van der Waals surface area contributed by atoms with Crippen molar-refractivity contribution in [3.8, 4) is 6.07 Å². The number of aliphatic hydroxyl groups is 1. The van der Waals surface area contributed by atoms with Gasteiger partial charge in [-0.2, -0.15) is 5.26 Å². The molecule has 0 atom stereocenters. The predicted molar refractivity (Wildman–Crippen MR) is 60.0 cm³/mol. The standard InChI is InChI=1S/C11H8BrNO2/c1-7(14)10(6-13)11(15)8-2-4-9(12)5-3-8/h2-5,15H,1H3/b11-10-. The third-order valence-corrected chi connectivity index (χ3v) is 2.35. The number of ketones is 1. The molecule has 0 spiro atoms. The smallest absolute Gasteiger partial charge is 0.174 e. The van der Waals surface area contributed by atoms with Crippen LogP contribution in [0.5, 0.6) is 0 Å². The van der Waals surface area contributed by atoms with Gasteiger partial charge >= 0.3 is 0 Å². The molecule has 0 amide bonds. The highest BCUT2D eigenvalue weighted by Gasteiger charge is 2.11. The fourth-order valence-corrected chi connectivity index (χ4v) is 1.31. The maximum absolute atomic E-state index is 11.0. The van der Waals surface area contributed by atoms with Gasteiger partial charge in [-0.05, 0) is 12.1 Å². The zero-order valence-electron chi connectivity index (χ0n) is 7.99. The lowest BCUT2D eigenvalue weighted by atomic mass is 10.1. The van der Waals surface area contributed by atoms with Crippen molar-refractivity contribution in [2.24, 2.45) is 0 Å². The van der Waals surface area contributed by atoms with Gasteiger partial charge < -0.3 is 5.11 Å². The van der Waals surface area contributed by atoms with Crippen LogP contribution in [0.1, 0.15) is 12.5 Å². The summed E-state index contributed by atoms with van der Waals surface area (Å²) in [5.41, 5.74) is 0.224. The largest absolute Gasteiger partial charge is 0.506 e. The second-order valence-electron chi connectivity index (χ2n) is 2.90. The Balaban J connectivity index is 3.24. The van der Waals surface area contributed by atoms with Crippen LogP contribution in [0, 0.1) is 11.3 Å². The van der Waals surface area contributed by atoms with Crippen LogP contribution in [-0.2, 0) is 4.79 Å². The van der Waals surface area contributed by atoms with Gasteiger partial charge in [0.2, 0.25) is 0 Å². The average Bonchev–Trinajstić information content (AvgIpc) is 2.19. The van der Waals surface area contributed by atoms with Crippen molar-refractivity contribution < 1.29 is 9.90 Å². The molecule has 0 aliphatic rings. The van der Waals surface area contributed by atoms with E-state index in [0.717, 1.165) is 4.47 Å². The molecule has 0 saturated carbocycles. The van der Waals surface area contributed by atoms with E-state index in [1.165, 1.54) is 6.92 Å². The van der Waals surface area contributed by atoms with E-state index in [4.69, 9.17) is 5.26 Å². The van der Waals surface area contributed by atoms with Crippen LogP contribution in [0.15, 0.2) is 34.3 Å². The topological polar surface area (TPSA) is 61.1 Å². The fraction of sp³-hybridized carbons (Fsp3) is 0.0909. The zero-order chi connectivity index (χ0) is 11.4. The van der Waals surface area contributed by atoms with E-state index in [1.54, 1.807) is 30.3 Å². The predicted octanol–water partition coefficient (Wildman–Crippen LogP) is 2.83. The second kappa shape index (κ2) is 4.76. The summed E-state index contributed by atoms with van der Waals surface area (Å²) >= 11 is 3.25. The number of benzene rings is 1. The summed E-state index contributed by atoms with van der Waals surface area (Å²) in [5, 5.41) is 18.3. The molecule has 0 aliphatic heterocycles. The second-order valence-corrected chi connectivity index (χ2v) is 3.81. The van der Waals surface area contributed by atoms with E-state index in [-0.39, 0.29) is 11.3 Å². The molecule has 15 heavy (non-hydrogen) atoms. The Morgan fingerprint density at radius 1 is 1.40 bits per heavy atom. The van der Waals surface area contributed by atoms with Gasteiger partial charge in [0.1, 0.15) is 17.4 Å². The number of hydrogen-bond donors (Lipinski definition) is 1. The molecule has 1 rings (SSSR count). The third-order valence-electron chi connectivity index (χ3n) is 1.82. The van der Waals surface area contributed by atoms with E-state index in [1.807, 2.05) is 0 Å². The molecule has 0 radical (unpaired) electrons. The number of halogens is 1. The van der Waals surface area contributed by atoms with E-state index in [9.17, 15) is 9.90 Å². The molecule has 0 saturated heterocycles. The van der Waals surface area contributed by atoms with Gasteiger partial charge in [-0.15, -0.1) is 0 Å². The molecular weight excluding hydrogens is 258 g/mol. The molecule has 3 nitrogen and oxygen atoms in total. The summed E-state index contributed by atoms with van der Waals surface area (Å²) in [7, 11) is 0. The molecule has 0 unspecified atom stereocenters. The summed E-state index contributed by atoms with van der Waals surface area (Å²) in [5.74, 6) is -0.726. The lowest BCUT2D eigenvalue weighted by Gasteiger charge is -2.01. The number of aliphatic hydroxyl groups excluding tert-OH is 1. The van der Waals surface area contributed by atoms with E-state index < -0.39 is 5.78 Å². The molecule has 0 aromatic heterocycles. The Kier molecular flexibility index (Phi) is 3.64. The Morgan fingerprint density at radius 2 is 1.93 bits per heavy atom. The van der Waals surface area contributed by atoms with Gasteiger partial charge in [-0.1, -0.05) is 28.1 Å². The lowest BCUT2D eigenvalue weighted by Crippen LogP contribution is -1.98. The van der Waals surface area contributed by atoms with E-state index >= 15 is 0 Å². The molecule has 1 aromatic rings. The van der Waals surface area contributed by atoms with Gasteiger partial charge in [-0.3, -0.25) is 4.79 Å². The molecule has 1 N–H and O–H groups in total. The van der Waals surface area contributed by atoms with Crippen LogP contribution in [0.25, 0.3) is 5.76 Å². The van der Waals surface area contributed by atoms with Crippen LogP contribution in [0.3, 0.4) is 0 Å². The first-order valence-electron chi connectivity index (χ1n) is 4.16. The van der Waals surface area contributed by atoms with E-state index in [2.05, 4.69) is 15.9 Å². The maximum atomic E-state index is 11.0. The number of Topliss-reactive ketones (excluding diaryl/α,β-unsaturated/α-hetero) is 1. The zero-order valence-corrected chi connectivity index (χ0v) is 9.58. The Bertz CT molecular complexity index is 454. The van der Waals surface area contributed by atoms with Crippen LogP contribution >= 0.6 is 15.9 Å². The monoisotopic (exact) mass is 265 g/mol. The summed E-state index contributed by atoms with van der Waals surface area (Å²) in [6, 6.07) is 8.38. The van der Waals surface area contributed by atoms with Crippen molar-refractivity contribution in [2.75, 3.05) is 0 Å². The van der Waals surface area contributed by atoms with Crippen molar-refractivity contribution in [3.05, 3.63) is 39.9 Å². The Morgan fingerprint density at radius 3 is 2.33 bits per heavy atom. The lowest BCUT2D eigenvalue weighted by molar-refractivity contribution is -0.113. The summed E-state index contributed by atoms with van der Waals surface area (Å²) in [4.78, 5) is 11.0. The van der Waals surface area contributed by atoms with Gasteiger partial charge in [0, 0.05) is 17.0 Å². The van der Waals surface area contributed by atoms with Crippen molar-refractivity contribution in [3.63, 3.8) is 0 Å². The number of nitrogens with zero attached hydrogens (tertiary/aromatic N) is 1. The highest BCUT2D eigenvalue weighted by Crippen LogP contribution is 2.19. The van der Waals surface area contributed by atoms with Crippen LogP contribution < -0.4 is 0 Å². The highest BCUT2D eigenvalue weighted by molar-refractivity contribution is 9.10. The van der Waals surface area contributed by atoms with Crippen LogP contribution in [-0.4, -0.2) is 10.9 Å². The number of carbonyl (C=O) groups is 1. The van der Waals surface area contributed by atoms with Crippen LogP contribution in [0.4, 0.5) is 0 Å². The fourth-order valence-electron chi connectivity index (χ4n) is 1.05. The van der Waals surface area contributed by atoms with Gasteiger partial charge in [-0.25, -0.2) is 0 Å². The molecule has 0 fully saturated rings. The molecule has 0 aliphatic carbocycles. The van der Waals surface area contributed by atoms with Gasteiger partial charge in [0.25, 0.3) is 0 Å². The minimum Gasteiger partial charge on any atom is -0.506 e. The first kappa shape index (κ1) is 11.5. The number of allylic oxidation sites excluding steroid dienone is 1. The molecule has 4 heteroatoms. The molecule has 0 heterocycles. The van der Waals surface area contributed by atoms with E-state index in [0.29, 0.717) is 5.56 Å². The van der Waals surface area contributed by atoms with Crippen molar-refractivity contribution in [1.29, 1.82) is 5.26 Å². The van der Waals surface area contributed by atoms with Crippen molar-refractivity contribution in [2.45, 2.75) is 6.92 Å². The summed E-state index contributed by atoms with van der Waals surface area (Å²) in [6.45, 7) is 1.24. The van der Waals surface area contributed by atoms with Crippen molar-refractivity contribution >= 4 is 27.5 Å². The first-order chi connectivity index (χ1) is 7.06. The minimum atomic E-state index is -0.446. The molecular formula is C11H8BrNO2. The Labute approximate surface area is 95.8 Å². The number of hydrogen-bond acceptors (Lipinski definition) is 3. The molecule has 76 valence electrons. The quantitative estimate of drug-likeness (QED) is 0.508. The summed E-state index contributed by atoms with van der Waals surface area (Å²) in [6.07, 6.45) is 0. The highest BCUT2D eigenvalue weighted by atomic mass is 79.9. The number of rotatable bonds is 2. The van der Waals surface area contributed by atoms with Crippen molar-refractivity contribution in [1.82, 2.24) is 0 Å². The first-order valence-corrected chi connectivity index (χ1v) is 4.95. The number of nitriles is 1. The molecule has 1 aromatic carbocycles. The Hall–Kier alpha value is -1.60. The molecule has 0 bridgehead atoms. The maximum Gasteiger partial charge on any atom is 0.174 e. The number of carbonyl (C=O) groups excluding carboxylic acids is 1. The SMILES string of the molecule is CC(=O)/C(C#N)=C(\O)c1ccc(Br)cc1.